The van der Waals surface area contributed by atoms with Crippen LogP contribution in [0.15, 0.2) is 6.20 Å². The number of rotatable bonds is 7. The minimum atomic E-state index is -0.313. The molecule has 0 aromatic carbocycles. The maximum atomic E-state index is 9.36. The van der Waals surface area contributed by atoms with E-state index in [2.05, 4.69) is 27.5 Å². The summed E-state index contributed by atoms with van der Waals surface area (Å²) < 4.78 is 0. The Bertz CT molecular complexity index is 368. The number of hydrogen-bond acceptors (Lipinski definition) is 5. The zero-order valence-corrected chi connectivity index (χ0v) is 11.7. The SMILES string of the molecule is CCCNc1ncc(C)c(NC(C)CC(C)O)n1. The monoisotopic (exact) mass is 252 g/mol. The molecule has 0 saturated heterocycles. The van der Waals surface area contributed by atoms with Crippen LogP contribution in [0.1, 0.15) is 39.2 Å². The van der Waals surface area contributed by atoms with Crippen LogP contribution in [0.4, 0.5) is 11.8 Å². The molecule has 0 aliphatic heterocycles. The molecular weight excluding hydrogens is 228 g/mol. The summed E-state index contributed by atoms with van der Waals surface area (Å²) in [6, 6.07) is 0.178. The summed E-state index contributed by atoms with van der Waals surface area (Å²) in [5.41, 5.74) is 1.01. The molecule has 102 valence electrons. The van der Waals surface area contributed by atoms with Crippen LogP contribution in [0, 0.1) is 6.92 Å². The molecular formula is C13H24N4O. The first-order chi connectivity index (χ1) is 8.52. The largest absolute Gasteiger partial charge is 0.393 e. The summed E-state index contributed by atoms with van der Waals surface area (Å²) in [5, 5.41) is 15.8. The number of nitrogens with zero attached hydrogens (tertiary/aromatic N) is 2. The molecule has 1 rings (SSSR count). The van der Waals surface area contributed by atoms with E-state index in [9.17, 15) is 5.11 Å². The van der Waals surface area contributed by atoms with Crippen molar-refractivity contribution in [3.05, 3.63) is 11.8 Å². The Labute approximate surface area is 109 Å². The van der Waals surface area contributed by atoms with Crippen molar-refractivity contribution in [1.29, 1.82) is 0 Å². The first kappa shape index (κ1) is 14.7. The molecule has 0 spiro atoms. The van der Waals surface area contributed by atoms with E-state index in [1.54, 1.807) is 6.92 Å². The minimum Gasteiger partial charge on any atom is -0.393 e. The van der Waals surface area contributed by atoms with Crippen molar-refractivity contribution in [2.75, 3.05) is 17.2 Å². The van der Waals surface area contributed by atoms with Gasteiger partial charge in [-0.1, -0.05) is 6.92 Å². The zero-order chi connectivity index (χ0) is 13.5. The lowest BCUT2D eigenvalue weighted by molar-refractivity contribution is 0.179. The third-order valence-electron chi connectivity index (χ3n) is 2.58. The van der Waals surface area contributed by atoms with Gasteiger partial charge in [0.2, 0.25) is 5.95 Å². The highest BCUT2D eigenvalue weighted by atomic mass is 16.3. The van der Waals surface area contributed by atoms with Gasteiger partial charge in [-0.3, -0.25) is 0 Å². The quantitative estimate of drug-likeness (QED) is 0.694. The van der Waals surface area contributed by atoms with Crippen molar-refractivity contribution in [2.45, 2.75) is 52.7 Å². The van der Waals surface area contributed by atoms with Gasteiger partial charge in [-0.25, -0.2) is 4.98 Å². The topological polar surface area (TPSA) is 70.1 Å². The average molecular weight is 252 g/mol. The predicted octanol–water partition coefficient (Wildman–Crippen LogP) is 2.18. The summed E-state index contributed by atoms with van der Waals surface area (Å²) in [4.78, 5) is 8.68. The molecule has 0 bridgehead atoms. The first-order valence-corrected chi connectivity index (χ1v) is 6.55. The fourth-order valence-corrected chi connectivity index (χ4v) is 1.71. The van der Waals surface area contributed by atoms with Crippen molar-refractivity contribution in [2.24, 2.45) is 0 Å². The Morgan fingerprint density at radius 3 is 2.72 bits per heavy atom. The summed E-state index contributed by atoms with van der Waals surface area (Å²) in [7, 11) is 0. The van der Waals surface area contributed by atoms with Crippen LogP contribution in [-0.4, -0.2) is 33.8 Å². The minimum absolute atomic E-state index is 0.178. The lowest BCUT2D eigenvalue weighted by Gasteiger charge is -2.17. The predicted molar refractivity (Wildman–Crippen MR) is 74.9 cm³/mol. The van der Waals surface area contributed by atoms with E-state index in [1.807, 2.05) is 20.0 Å². The number of anilines is 2. The Kier molecular flexibility index (Phi) is 5.85. The van der Waals surface area contributed by atoms with Crippen LogP contribution in [-0.2, 0) is 0 Å². The molecule has 1 aromatic heterocycles. The van der Waals surface area contributed by atoms with Gasteiger partial charge in [0.25, 0.3) is 0 Å². The molecule has 5 nitrogen and oxygen atoms in total. The van der Waals surface area contributed by atoms with Gasteiger partial charge < -0.3 is 15.7 Å². The summed E-state index contributed by atoms with van der Waals surface area (Å²) >= 11 is 0. The second-order valence-corrected chi connectivity index (χ2v) is 4.78. The van der Waals surface area contributed by atoms with Gasteiger partial charge in [-0.15, -0.1) is 0 Å². The Morgan fingerprint density at radius 2 is 2.11 bits per heavy atom. The molecule has 0 radical (unpaired) electrons. The molecule has 0 aliphatic rings. The normalized spacial score (nSPS) is 14.1. The number of aryl methyl sites for hydroxylation is 1. The molecule has 2 unspecified atom stereocenters. The van der Waals surface area contributed by atoms with Crippen LogP contribution in [0.25, 0.3) is 0 Å². The van der Waals surface area contributed by atoms with E-state index < -0.39 is 0 Å². The fourth-order valence-electron chi connectivity index (χ4n) is 1.71. The van der Waals surface area contributed by atoms with E-state index in [4.69, 9.17) is 0 Å². The van der Waals surface area contributed by atoms with E-state index >= 15 is 0 Å². The highest BCUT2D eigenvalue weighted by molar-refractivity contribution is 5.46. The maximum Gasteiger partial charge on any atom is 0.224 e. The lowest BCUT2D eigenvalue weighted by Crippen LogP contribution is -2.22. The van der Waals surface area contributed by atoms with Gasteiger partial charge in [0, 0.05) is 24.3 Å². The van der Waals surface area contributed by atoms with Crippen molar-refractivity contribution in [1.82, 2.24) is 9.97 Å². The van der Waals surface area contributed by atoms with E-state index in [-0.39, 0.29) is 12.1 Å². The van der Waals surface area contributed by atoms with Gasteiger partial charge in [-0.2, -0.15) is 4.98 Å². The van der Waals surface area contributed by atoms with Gasteiger partial charge >= 0.3 is 0 Å². The molecule has 0 saturated carbocycles. The van der Waals surface area contributed by atoms with E-state index in [1.165, 1.54) is 0 Å². The summed E-state index contributed by atoms with van der Waals surface area (Å²) in [5.74, 6) is 1.48. The molecule has 1 aromatic rings. The number of aliphatic hydroxyl groups is 1. The Morgan fingerprint density at radius 1 is 1.39 bits per heavy atom. The Hall–Kier alpha value is -1.36. The van der Waals surface area contributed by atoms with Crippen molar-refractivity contribution >= 4 is 11.8 Å². The summed E-state index contributed by atoms with van der Waals surface area (Å²) in [6.45, 7) is 8.77. The number of aromatic nitrogens is 2. The molecule has 1 heterocycles. The van der Waals surface area contributed by atoms with Gasteiger partial charge in [0.05, 0.1) is 6.10 Å². The van der Waals surface area contributed by atoms with Crippen LogP contribution in [0.5, 0.6) is 0 Å². The van der Waals surface area contributed by atoms with Crippen molar-refractivity contribution in [3.63, 3.8) is 0 Å². The average Bonchev–Trinajstić information content (AvgIpc) is 2.29. The molecule has 0 fully saturated rings. The molecule has 5 heteroatoms. The van der Waals surface area contributed by atoms with Gasteiger partial charge in [0.1, 0.15) is 5.82 Å². The van der Waals surface area contributed by atoms with Crippen LogP contribution >= 0.6 is 0 Å². The van der Waals surface area contributed by atoms with E-state index in [0.29, 0.717) is 12.4 Å². The molecule has 0 amide bonds. The number of nitrogens with one attached hydrogen (secondary N) is 2. The number of hydrogen-bond donors (Lipinski definition) is 3. The number of aliphatic hydroxyl groups excluding tert-OH is 1. The smallest absolute Gasteiger partial charge is 0.224 e. The van der Waals surface area contributed by atoms with Crippen LogP contribution in [0.3, 0.4) is 0 Å². The first-order valence-electron chi connectivity index (χ1n) is 6.55. The third-order valence-corrected chi connectivity index (χ3v) is 2.58. The van der Waals surface area contributed by atoms with Gasteiger partial charge in [0.15, 0.2) is 0 Å². The molecule has 3 N–H and O–H groups in total. The second-order valence-electron chi connectivity index (χ2n) is 4.78. The van der Waals surface area contributed by atoms with Crippen LogP contribution in [0.2, 0.25) is 0 Å². The fraction of sp³-hybridized carbons (Fsp3) is 0.692. The lowest BCUT2D eigenvalue weighted by atomic mass is 10.1. The van der Waals surface area contributed by atoms with E-state index in [0.717, 1.165) is 24.3 Å². The maximum absolute atomic E-state index is 9.36. The van der Waals surface area contributed by atoms with Crippen LogP contribution < -0.4 is 10.6 Å². The highest BCUT2D eigenvalue weighted by Crippen LogP contribution is 2.15. The molecule has 18 heavy (non-hydrogen) atoms. The standard InChI is InChI=1S/C13H24N4O/c1-5-6-14-13-15-8-9(2)12(17-13)16-10(3)7-11(4)18/h8,10-11,18H,5-7H2,1-4H3,(H2,14,15,16,17). The van der Waals surface area contributed by atoms with Crippen molar-refractivity contribution < 1.29 is 5.11 Å². The Balaban J connectivity index is 2.68. The third kappa shape index (κ3) is 4.87. The summed E-state index contributed by atoms with van der Waals surface area (Å²) in [6.07, 6.45) is 3.23. The van der Waals surface area contributed by atoms with Gasteiger partial charge in [-0.05, 0) is 33.6 Å². The molecule has 2 atom stereocenters. The zero-order valence-electron chi connectivity index (χ0n) is 11.7. The second kappa shape index (κ2) is 7.16. The highest BCUT2D eigenvalue weighted by Gasteiger charge is 2.09. The van der Waals surface area contributed by atoms with Crippen molar-refractivity contribution in [3.8, 4) is 0 Å². The molecule has 0 aliphatic carbocycles.